The minimum Gasteiger partial charge on any atom is -0.267 e. The van der Waals surface area contributed by atoms with Crippen LogP contribution in [-0.2, 0) is 0 Å². The van der Waals surface area contributed by atoms with Crippen LogP contribution in [0.4, 0.5) is 0 Å². The molecule has 0 aliphatic rings. The molecule has 0 aliphatic carbocycles. The maximum Gasteiger partial charge on any atom is 0.270 e. The van der Waals surface area contributed by atoms with Crippen LogP contribution in [0.2, 0.25) is 0 Å². The molecule has 28 heavy (non-hydrogen) atoms. The number of H-pyrrole nitrogens is 2. The van der Waals surface area contributed by atoms with Crippen molar-refractivity contribution in [2.75, 3.05) is 0 Å². The first-order valence-electron chi connectivity index (χ1n) is 8.86. The van der Waals surface area contributed by atoms with Gasteiger partial charge in [0.2, 0.25) is 0 Å². The predicted octanol–water partition coefficient (Wildman–Crippen LogP) is 3.62. The van der Waals surface area contributed by atoms with E-state index in [4.69, 9.17) is 9.97 Å². The zero-order chi connectivity index (χ0) is 18.8. The van der Waals surface area contributed by atoms with Crippen molar-refractivity contribution in [1.82, 2.24) is 20.2 Å². The van der Waals surface area contributed by atoms with Crippen LogP contribution in [0.25, 0.3) is 54.4 Å². The fourth-order valence-electron chi connectivity index (χ4n) is 3.95. The summed E-state index contributed by atoms with van der Waals surface area (Å²) in [4.78, 5) is 34.0. The molecule has 0 atom stereocenters. The molecular formula is C22H12N4O2. The van der Waals surface area contributed by atoms with Crippen LogP contribution in [-0.4, -0.2) is 20.2 Å². The number of hydrogen-bond donors (Lipinski definition) is 2. The van der Waals surface area contributed by atoms with Gasteiger partial charge in [-0.2, -0.15) is 0 Å². The number of nitrogens with zero attached hydrogens (tertiary/aromatic N) is 2. The van der Waals surface area contributed by atoms with E-state index < -0.39 is 0 Å². The highest BCUT2D eigenvalue weighted by molar-refractivity contribution is 6.23. The minimum atomic E-state index is -0.359. The summed E-state index contributed by atoms with van der Waals surface area (Å²) in [6, 6.07) is 19.5. The van der Waals surface area contributed by atoms with Crippen molar-refractivity contribution in [2.24, 2.45) is 0 Å². The molecular weight excluding hydrogens is 352 g/mol. The zero-order valence-electron chi connectivity index (χ0n) is 14.5. The second-order valence-electron chi connectivity index (χ2n) is 6.81. The Morgan fingerprint density at radius 1 is 0.536 bits per heavy atom. The fourth-order valence-corrected chi connectivity index (χ4v) is 3.95. The monoisotopic (exact) mass is 364 g/mol. The van der Waals surface area contributed by atoms with E-state index in [1.165, 1.54) is 0 Å². The number of rotatable bonds is 0. The molecule has 132 valence electrons. The van der Waals surface area contributed by atoms with Crippen LogP contribution in [0, 0.1) is 0 Å². The van der Waals surface area contributed by atoms with Crippen molar-refractivity contribution in [1.29, 1.82) is 0 Å². The highest BCUT2D eigenvalue weighted by Gasteiger charge is 2.13. The molecule has 6 nitrogen and oxygen atoms in total. The highest BCUT2D eigenvalue weighted by Crippen LogP contribution is 2.34. The molecule has 0 fully saturated rings. The number of fused-ring (bicyclic) bond motifs is 8. The Bertz CT molecular complexity index is 1590. The Balaban J connectivity index is 1.92. The SMILES string of the molecule is O=c1[nH][nH]c(=O)c2cc3nc4c5ccccc5c5ccccc5c4nc3cc12. The van der Waals surface area contributed by atoms with Gasteiger partial charge in [-0.1, -0.05) is 48.5 Å². The van der Waals surface area contributed by atoms with E-state index in [1.54, 1.807) is 12.1 Å². The number of aromatic nitrogens is 4. The van der Waals surface area contributed by atoms with E-state index in [2.05, 4.69) is 22.3 Å². The number of aromatic amines is 2. The van der Waals surface area contributed by atoms with Crippen molar-refractivity contribution < 1.29 is 0 Å². The predicted molar refractivity (Wildman–Crippen MR) is 111 cm³/mol. The van der Waals surface area contributed by atoms with E-state index in [1.807, 2.05) is 36.4 Å². The van der Waals surface area contributed by atoms with E-state index in [9.17, 15) is 9.59 Å². The smallest absolute Gasteiger partial charge is 0.267 e. The molecule has 0 bridgehead atoms. The molecule has 0 saturated carbocycles. The van der Waals surface area contributed by atoms with Gasteiger partial charge in [0.25, 0.3) is 11.1 Å². The van der Waals surface area contributed by atoms with Crippen molar-refractivity contribution in [3.05, 3.63) is 81.4 Å². The lowest BCUT2D eigenvalue weighted by molar-refractivity contribution is 0.977. The molecule has 6 rings (SSSR count). The Labute approximate surface area is 156 Å². The molecule has 2 heterocycles. The van der Waals surface area contributed by atoms with Gasteiger partial charge in [-0.15, -0.1) is 0 Å². The second kappa shape index (κ2) is 5.23. The lowest BCUT2D eigenvalue weighted by Gasteiger charge is -2.10. The fraction of sp³-hybridized carbons (Fsp3) is 0. The first-order chi connectivity index (χ1) is 13.7. The van der Waals surface area contributed by atoms with Gasteiger partial charge in [-0.05, 0) is 22.9 Å². The van der Waals surface area contributed by atoms with Gasteiger partial charge in [-0.25, -0.2) is 9.97 Å². The summed E-state index contributed by atoms with van der Waals surface area (Å²) in [5, 5.41) is 9.54. The molecule has 4 aromatic carbocycles. The van der Waals surface area contributed by atoms with Crippen LogP contribution in [0.3, 0.4) is 0 Å². The van der Waals surface area contributed by atoms with Crippen molar-refractivity contribution in [2.45, 2.75) is 0 Å². The van der Waals surface area contributed by atoms with Crippen molar-refractivity contribution in [3.8, 4) is 0 Å². The third-order valence-electron chi connectivity index (χ3n) is 5.24. The summed E-state index contributed by atoms with van der Waals surface area (Å²) < 4.78 is 0. The normalized spacial score (nSPS) is 11.9. The maximum absolute atomic E-state index is 12.2. The molecule has 6 aromatic rings. The average Bonchev–Trinajstić information content (AvgIpc) is 2.74. The molecule has 0 radical (unpaired) electrons. The van der Waals surface area contributed by atoms with Gasteiger partial charge in [0.05, 0.1) is 32.8 Å². The first-order valence-corrected chi connectivity index (χ1v) is 8.86. The molecule has 2 N–H and O–H groups in total. The van der Waals surface area contributed by atoms with E-state index in [0.29, 0.717) is 21.8 Å². The van der Waals surface area contributed by atoms with E-state index >= 15 is 0 Å². The largest absolute Gasteiger partial charge is 0.270 e. The molecule has 0 unspecified atom stereocenters. The highest BCUT2D eigenvalue weighted by atomic mass is 16.1. The topological polar surface area (TPSA) is 91.5 Å². The molecule has 0 saturated heterocycles. The van der Waals surface area contributed by atoms with Crippen LogP contribution in [0.5, 0.6) is 0 Å². The summed E-state index contributed by atoms with van der Waals surface area (Å²) in [6.45, 7) is 0. The van der Waals surface area contributed by atoms with Crippen molar-refractivity contribution >= 4 is 54.4 Å². The summed E-state index contributed by atoms with van der Waals surface area (Å²) in [7, 11) is 0. The van der Waals surface area contributed by atoms with Gasteiger partial charge in [-0.3, -0.25) is 19.8 Å². The summed E-state index contributed by atoms with van der Waals surface area (Å²) in [5.74, 6) is 0. The molecule has 2 aromatic heterocycles. The zero-order valence-corrected chi connectivity index (χ0v) is 14.5. The first kappa shape index (κ1) is 15.0. The third kappa shape index (κ3) is 1.91. The Morgan fingerprint density at radius 3 is 1.36 bits per heavy atom. The molecule has 0 aliphatic heterocycles. The minimum absolute atomic E-state index is 0.301. The number of nitrogens with one attached hydrogen (secondary N) is 2. The Kier molecular flexibility index (Phi) is 2.81. The van der Waals surface area contributed by atoms with Crippen molar-refractivity contribution in [3.63, 3.8) is 0 Å². The quantitative estimate of drug-likeness (QED) is 0.318. The lowest BCUT2D eigenvalue weighted by Crippen LogP contribution is -2.18. The molecule has 6 heteroatoms. The standard InChI is InChI=1S/C22H12N4O2/c27-21-15-9-17-18(10-16(15)22(28)26-25-21)24-20-14-8-4-2-6-12(14)11-5-1-3-7-13(11)19(20)23-17/h1-10H,(H,25,27)(H,26,28). The van der Waals surface area contributed by atoms with Crippen LogP contribution >= 0.6 is 0 Å². The van der Waals surface area contributed by atoms with Gasteiger partial charge < -0.3 is 0 Å². The summed E-state index contributed by atoms with van der Waals surface area (Å²) in [6.07, 6.45) is 0. The third-order valence-corrected chi connectivity index (χ3v) is 5.24. The second-order valence-corrected chi connectivity index (χ2v) is 6.81. The maximum atomic E-state index is 12.2. The van der Waals surface area contributed by atoms with Gasteiger partial charge in [0.1, 0.15) is 0 Å². The van der Waals surface area contributed by atoms with Crippen LogP contribution in [0.1, 0.15) is 0 Å². The van der Waals surface area contributed by atoms with Gasteiger partial charge in [0.15, 0.2) is 0 Å². The van der Waals surface area contributed by atoms with E-state index in [0.717, 1.165) is 32.6 Å². The molecule has 0 amide bonds. The van der Waals surface area contributed by atoms with Crippen LogP contribution in [0.15, 0.2) is 70.3 Å². The van der Waals surface area contributed by atoms with Crippen LogP contribution < -0.4 is 11.1 Å². The summed E-state index contributed by atoms with van der Waals surface area (Å²) in [5.41, 5.74) is 2.00. The number of hydrogen-bond acceptors (Lipinski definition) is 4. The average molecular weight is 364 g/mol. The Hall–Kier alpha value is -4.06. The van der Waals surface area contributed by atoms with Gasteiger partial charge in [0, 0.05) is 10.8 Å². The lowest BCUT2D eigenvalue weighted by atomic mass is 9.99. The Morgan fingerprint density at radius 2 is 0.929 bits per heavy atom. The summed E-state index contributed by atoms with van der Waals surface area (Å²) >= 11 is 0. The van der Waals surface area contributed by atoms with E-state index in [-0.39, 0.29) is 11.1 Å². The van der Waals surface area contributed by atoms with Gasteiger partial charge >= 0.3 is 0 Å². The number of benzene rings is 4. The molecule has 0 spiro atoms.